The molecule has 2 heteroatoms. The van der Waals surface area contributed by atoms with Crippen LogP contribution in [0.15, 0.2) is 29.7 Å². The zero-order chi connectivity index (χ0) is 13.0. The SMILES string of the molecule is C=Cc1cc[nH]c(=O)c1/C=C\C.CC.CC. The van der Waals surface area contributed by atoms with Crippen molar-refractivity contribution in [2.45, 2.75) is 34.6 Å². The second kappa shape index (κ2) is 11.5. The topological polar surface area (TPSA) is 32.9 Å². The number of nitrogens with one attached hydrogen (secondary N) is 1. The molecule has 90 valence electrons. The molecule has 0 aromatic carbocycles. The van der Waals surface area contributed by atoms with E-state index in [2.05, 4.69) is 11.6 Å². The number of hydrogen-bond acceptors (Lipinski definition) is 1. The molecule has 0 aliphatic heterocycles. The smallest absolute Gasteiger partial charge is 0.255 e. The van der Waals surface area contributed by atoms with Gasteiger partial charge in [-0.15, -0.1) is 0 Å². The Morgan fingerprint density at radius 1 is 1.25 bits per heavy atom. The Morgan fingerprint density at radius 2 is 1.81 bits per heavy atom. The van der Waals surface area contributed by atoms with Crippen molar-refractivity contribution in [3.8, 4) is 0 Å². The molecule has 0 aliphatic carbocycles. The van der Waals surface area contributed by atoms with E-state index in [-0.39, 0.29) is 5.56 Å². The third kappa shape index (κ3) is 5.35. The van der Waals surface area contributed by atoms with Gasteiger partial charge in [-0.25, -0.2) is 0 Å². The predicted octanol–water partition coefficient (Wildman–Crippen LogP) is 4.10. The van der Waals surface area contributed by atoms with E-state index in [4.69, 9.17) is 0 Å². The van der Waals surface area contributed by atoms with Crippen molar-refractivity contribution in [1.29, 1.82) is 0 Å². The van der Waals surface area contributed by atoms with Crippen LogP contribution in [0, 0.1) is 0 Å². The zero-order valence-corrected chi connectivity index (χ0v) is 11.0. The monoisotopic (exact) mass is 221 g/mol. The van der Waals surface area contributed by atoms with Crippen LogP contribution in [0.4, 0.5) is 0 Å². The summed E-state index contributed by atoms with van der Waals surface area (Å²) in [7, 11) is 0. The summed E-state index contributed by atoms with van der Waals surface area (Å²) in [4.78, 5) is 13.8. The summed E-state index contributed by atoms with van der Waals surface area (Å²) in [5.41, 5.74) is 1.44. The number of aromatic nitrogens is 1. The lowest BCUT2D eigenvalue weighted by Crippen LogP contribution is -2.09. The van der Waals surface area contributed by atoms with E-state index in [1.165, 1.54) is 0 Å². The third-order valence-electron chi connectivity index (χ3n) is 1.59. The lowest BCUT2D eigenvalue weighted by Gasteiger charge is -1.96. The van der Waals surface area contributed by atoms with Gasteiger partial charge in [0.25, 0.3) is 5.56 Å². The highest BCUT2D eigenvalue weighted by Crippen LogP contribution is 2.05. The molecule has 0 unspecified atom stereocenters. The summed E-state index contributed by atoms with van der Waals surface area (Å²) >= 11 is 0. The number of H-pyrrole nitrogens is 1. The van der Waals surface area contributed by atoms with Crippen molar-refractivity contribution in [2.75, 3.05) is 0 Å². The van der Waals surface area contributed by atoms with Gasteiger partial charge >= 0.3 is 0 Å². The molecule has 16 heavy (non-hydrogen) atoms. The highest BCUT2D eigenvalue weighted by Gasteiger charge is 1.98. The van der Waals surface area contributed by atoms with Crippen LogP contribution in [-0.2, 0) is 0 Å². The average molecular weight is 221 g/mol. The van der Waals surface area contributed by atoms with Crippen molar-refractivity contribution in [1.82, 2.24) is 4.98 Å². The van der Waals surface area contributed by atoms with Gasteiger partial charge < -0.3 is 4.98 Å². The number of allylic oxidation sites excluding steroid dienone is 1. The first-order valence-corrected chi connectivity index (χ1v) is 5.76. The van der Waals surface area contributed by atoms with Gasteiger partial charge in [0.1, 0.15) is 0 Å². The van der Waals surface area contributed by atoms with E-state index < -0.39 is 0 Å². The number of hydrogen-bond donors (Lipinski definition) is 1. The van der Waals surface area contributed by atoms with Crippen LogP contribution in [0.3, 0.4) is 0 Å². The van der Waals surface area contributed by atoms with E-state index in [9.17, 15) is 4.79 Å². The normalized spacial score (nSPS) is 8.56. The van der Waals surface area contributed by atoms with Crippen molar-refractivity contribution in [3.63, 3.8) is 0 Å². The van der Waals surface area contributed by atoms with Gasteiger partial charge in [0.2, 0.25) is 0 Å². The summed E-state index contributed by atoms with van der Waals surface area (Å²) in [5.74, 6) is 0. The molecule has 1 rings (SSSR count). The Kier molecular flexibility index (Phi) is 12.1. The Balaban J connectivity index is 0. The second-order valence-corrected chi connectivity index (χ2v) is 2.38. The molecule has 0 bridgehead atoms. The van der Waals surface area contributed by atoms with E-state index in [0.29, 0.717) is 5.56 Å². The predicted molar refractivity (Wildman–Crippen MR) is 74.6 cm³/mol. The highest BCUT2D eigenvalue weighted by atomic mass is 16.1. The van der Waals surface area contributed by atoms with Crippen molar-refractivity contribution < 1.29 is 0 Å². The molecule has 1 aromatic heterocycles. The van der Waals surface area contributed by atoms with Crippen LogP contribution in [0.1, 0.15) is 45.7 Å². The van der Waals surface area contributed by atoms with Crippen LogP contribution < -0.4 is 5.56 Å². The van der Waals surface area contributed by atoms with Crippen molar-refractivity contribution >= 4 is 12.2 Å². The molecular weight excluding hydrogens is 198 g/mol. The molecule has 1 heterocycles. The summed E-state index contributed by atoms with van der Waals surface area (Å²) in [5, 5.41) is 0. The summed E-state index contributed by atoms with van der Waals surface area (Å²) in [6.07, 6.45) is 6.89. The summed E-state index contributed by atoms with van der Waals surface area (Å²) in [6, 6.07) is 1.82. The standard InChI is InChI=1S/C10H11NO.2C2H6/c1-3-5-9-8(4-2)6-7-11-10(9)12;2*1-2/h3-7H,2H2,1H3,(H,11,12);2*1-2H3/b5-3-;;. The summed E-state index contributed by atoms with van der Waals surface area (Å²) in [6.45, 7) is 13.5. The largest absolute Gasteiger partial charge is 0.329 e. The molecule has 0 spiro atoms. The van der Waals surface area contributed by atoms with E-state index >= 15 is 0 Å². The molecular formula is C14H23NO. The molecule has 1 aromatic rings. The Bertz CT molecular complexity index is 361. The molecule has 0 atom stereocenters. The average Bonchev–Trinajstić information content (AvgIpc) is 2.37. The Hall–Kier alpha value is -1.57. The Labute approximate surface area is 98.7 Å². The van der Waals surface area contributed by atoms with Gasteiger partial charge in [-0.1, -0.05) is 52.5 Å². The minimum Gasteiger partial charge on any atom is -0.329 e. The van der Waals surface area contributed by atoms with Crippen LogP contribution in [-0.4, -0.2) is 4.98 Å². The van der Waals surface area contributed by atoms with E-state index in [1.54, 1.807) is 18.3 Å². The molecule has 1 N–H and O–H groups in total. The van der Waals surface area contributed by atoms with Gasteiger partial charge in [-0.05, 0) is 18.6 Å². The van der Waals surface area contributed by atoms with Gasteiger partial charge in [-0.3, -0.25) is 4.79 Å². The fraction of sp³-hybridized carbons (Fsp3) is 0.357. The van der Waals surface area contributed by atoms with E-state index in [1.807, 2.05) is 46.8 Å². The van der Waals surface area contributed by atoms with Crippen LogP contribution in [0.25, 0.3) is 12.2 Å². The first kappa shape index (κ1) is 16.8. The van der Waals surface area contributed by atoms with Gasteiger partial charge in [-0.2, -0.15) is 0 Å². The number of rotatable bonds is 2. The zero-order valence-electron chi connectivity index (χ0n) is 11.0. The van der Waals surface area contributed by atoms with Gasteiger partial charge in [0, 0.05) is 11.8 Å². The quantitative estimate of drug-likeness (QED) is 0.801. The van der Waals surface area contributed by atoms with Gasteiger partial charge in [0.15, 0.2) is 0 Å². The maximum atomic E-state index is 11.2. The van der Waals surface area contributed by atoms with Crippen LogP contribution in [0.2, 0.25) is 0 Å². The lowest BCUT2D eigenvalue weighted by atomic mass is 10.1. The molecule has 0 fully saturated rings. The van der Waals surface area contributed by atoms with E-state index in [0.717, 1.165) is 5.56 Å². The fourth-order valence-electron chi connectivity index (χ4n) is 1.02. The highest BCUT2D eigenvalue weighted by molar-refractivity contribution is 5.62. The molecule has 0 aliphatic rings. The minimum atomic E-state index is -0.0782. The third-order valence-corrected chi connectivity index (χ3v) is 1.59. The second-order valence-electron chi connectivity index (χ2n) is 2.38. The van der Waals surface area contributed by atoms with Crippen molar-refractivity contribution in [3.05, 3.63) is 46.4 Å². The number of aromatic amines is 1. The summed E-state index contributed by atoms with van der Waals surface area (Å²) < 4.78 is 0. The number of pyridine rings is 1. The van der Waals surface area contributed by atoms with Gasteiger partial charge in [0.05, 0.1) is 0 Å². The minimum absolute atomic E-state index is 0.0782. The molecule has 0 amide bonds. The first-order valence-electron chi connectivity index (χ1n) is 5.76. The fourth-order valence-corrected chi connectivity index (χ4v) is 1.02. The molecule has 0 radical (unpaired) electrons. The lowest BCUT2D eigenvalue weighted by molar-refractivity contribution is 1.22. The van der Waals surface area contributed by atoms with Crippen LogP contribution >= 0.6 is 0 Å². The van der Waals surface area contributed by atoms with Crippen molar-refractivity contribution in [2.24, 2.45) is 0 Å². The molecule has 0 saturated carbocycles. The molecule has 2 nitrogen and oxygen atoms in total. The molecule has 0 saturated heterocycles. The maximum absolute atomic E-state index is 11.2. The first-order chi connectivity index (χ1) is 7.79. The van der Waals surface area contributed by atoms with Crippen LogP contribution in [0.5, 0.6) is 0 Å². The maximum Gasteiger partial charge on any atom is 0.255 e. The Morgan fingerprint density at radius 3 is 2.25 bits per heavy atom.